The minimum atomic E-state index is -0.337. The molecule has 0 aliphatic carbocycles. The van der Waals surface area contributed by atoms with E-state index in [2.05, 4.69) is 61.4 Å². The van der Waals surface area contributed by atoms with Crippen LogP contribution in [0.1, 0.15) is 20.7 Å². The van der Waals surface area contributed by atoms with Crippen molar-refractivity contribution in [2.75, 3.05) is 0 Å². The Hall–Kier alpha value is -0.830. The second kappa shape index (κ2) is 7.58. The summed E-state index contributed by atoms with van der Waals surface area (Å²) < 4.78 is 9.51. The first kappa shape index (κ1) is 21.5. The molecule has 0 atom stereocenters. The van der Waals surface area contributed by atoms with Gasteiger partial charge in [0.2, 0.25) is 0 Å². The molecule has 0 radical (unpaired) electrons. The van der Waals surface area contributed by atoms with E-state index in [1.54, 1.807) is 45.3 Å². The van der Waals surface area contributed by atoms with Crippen LogP contribution in [-0.2, 0) is 0 Å². The van der Waals surface area contributed by atoms with E-state index in [1.807, 2.05) is 0 Å². The molecular formula is C21H5Br2NO2S7. The highest BCUT2D eigenvalue weighted by Gasteiger charge is 2.37. The molecule has 0 bridgehead atoms. The minimum absolute atomic E-state index is 0.337. The molecule has 0 fully saturated rings. The molecule has 2 amide bonds. The number of amides is 2. The van der Waals surface area contributed by atoms with Gasteiger partial charge < -0.3 is 0 Å². The molecule has 7 rings (SSSR count). The molecule has 162 valence electrons. The summed E-state index contributed by atoms with van der Waals surface area (Å²) in [4.78, 5) is 28.2. The van der Waals surface area contributed by atoms with Crippen LogP contribution >= 0.6 is 112 Å². The number of benzene rings is 1. The maximum atomic E-state index is 13.1. The number of thiophene rings is 4. The molecule has 33 heavy (non-hydrogen) atoms. The van der Waals surface area contributed by atoms with Crippen LogP contribution in [0, 0.1) is 3.14 Å². The number of rotatable bonds is 2. The lowest BCUT2D eigenvalue weighted by atomic mass is 9.95. The SMILES string of the molecule is O=C1NC(=O)c2c1c(-c1cc3sc(Br)cc3s1)c1sc(=S)sc1c2-c1cc2sc(Br)cc2s1. The third-order valence-corrected chi connectivity index (χ3v) is 13.6. The Morgan fingerprint density at radius 2 is 1.03 bits per heavy atom. The molecule has 6 heterocycles. The van der Waals surface area contributed by atoms with Crippen LogP contribution < -0.4 is 5.32 Å². The molecular weight excluding hydrogens is 683 g/mol. The highest BCUT2D eigenvalue weighted by Crippen LogP contribution is 2.53. The number of fused-ring (bicyclic) bond motifs is 4. The van der Waals surface area contributed by atoms with Crippen molar-refractivity contribution in [1.82, 2.24) is 5.32 Å². The minimum Gasteiger partial charge on any atom is -0.288 e. The summed E-state index contributed by atoms with van der Waals surface area (Å²) in [6, 6.07) is 8.42. The predicted molar refractivity (Wildman–Crippen MR) is 155 cm³/mol. The molecule has 12 heteroatoms. The van der Waals surface area contributed by atoms with Crippen molar-refractivity contribution < 1.29 is 9.59 Å². The molecule has 6 aromatic rings. The first-order chi connectivity index (χ1) is 15.9. The van der Waals surface area contributed by atoms with Gasteiger partial charge in [0.25, 0.3) is 11.8 Å². The lowest BCUT2D eigenvalue weighted by molar-refractivity contribution is 0.0880. The lowest BCUT2D eigenvalue weighted by Gasteiger charge is -2.11. The lowest BCUT2D eigenvalue weighted by Crippen LogP contribution is -2.20. The number of carbonyl (C=O) groups excluding carboxylic acids is 2. The number of imide groups is 1. The van der Waals surface area contributed by atoms with E-state index in [9.17, 15) is 9.59 Å². The first-order valence-electron chi connectivity index (χ1n) is 9.25. The predicted octanol–water partition coefficient (Wildman–Crippen LogP) is 9.99. The van der Waals surface area contributed by atoms with Crippen LogP contribution in [0.5, 0.6) is 0 Å². The largest absolute Gasteiger partial charge is 0.288 e. The van der Waals surface area contributed by atoms with Gasteiger partial charge in [-0.15, -0.1) is 68.0 Å². The van der Waals surface area contributed by atoms with Crippen LogP contribution in [0.4, 0.5) is 0 Å². The van der Waals surface area contributed by atoms with Gasteiger partial charge in [-0.05, 0) is 56.1 Å². The number of hydrogen-bond acceptors (Lipinski definition) is 9. The number of nitrogens with one attached hydrogen (secondary N) is 1. The normalized spacial score (nSPS) is 13.6. The van der Waals surface area contributed by atoms with Crippen LogP contribution in [0.2, 0.25) is 0 Å². The molecule has 1 N–H and O–H groups in total. The number of halogens is 2. The van der Waals surface area contributed by atoms with E-state index in [-0.39, 0.29) is 11.8 Å². The Morgan fingerprint density at radius 3 is 1.45 bits per heavy atom. The molecule has 1 aliphatic heterocycles. The van der Waals surface area contributed by atoms with Crippen molar-refractivity contribution in [3.63, 3.8) is 0 Å². The number of hydrogen-bond donors (Lipinski definition) is 1. The van der Waals surface area contributed by atoms with Gasteiger partial charge in [0.05, 0.1) is 28.1 Å². The van der Waals surface area contributed by atoms with Crippen molar-refractivity contribution in [2.45, 2.75) is 0 Å². The van der Waals surface area contributed by atoms with Gasteiger partial charge in [0, 0.05) is 39.7 Å². The van der Waals surface area contributed by atoms with Gasteiger partial charge in [0.15, 0.2) is 0 Å². The van der Waals surface area contributed by atoms with Gasteiger partial charge in [-0.3, -0.25) is 14.9 Å². The Balaban J connectivity index is 1.62. The van der Waals surface area contributed by atoms with Crippen LogP contribution in [0.25, 0.3) is 49.1 Å². The summed E-state index contributed by atoms with van der Waals surface area (Å²) >= 11 is 22.4. The molecule has 0 unspecified atom stereocenters. The highest BCUT2D eigenvalue weighted by atomic mass is 79.9. The molecule has 3 nitrogen and oxygen atoms in total. The fourth-order valence-corrected chi connectivity index (χ4v) is 13.2. The van der Waals surface area contributed by atoms with Crippen molar-refractivity contribution >= 4 is 152 Å². The highest BCUT2D eigenvalue weighted by molar-refractivity contribution is 9.11. The van der Waals surface area contributed by atoms with Crippen molar-refractivity contribution in [3.8, 4) is 20.9 Å². The van der Waals surface area contributed by atoms with Crippen LogP contribution in [0.15, 0.2) is 31.8 Å². The third-order valence-electron chi connectivity index (χ3n) is 5.31. The van der Waals surface area contributed by atoms with Gasteiger partial charge in [0.1, 0.15) is 3.14 Å². The van der Waals surface area contributed by atoms with E-state index in [4.69, 9.17) is 12.2 Å². The Kier molecular flexibility index (Phi) is 4.93. The van der Waals surface area contributed by atoms with Crippen LogP contribution in [-0.4, -0.2) is 11.8 Å². The van der Waals surface area contributed by atoms with Gasteiger partial charge >= 0.3 is 0 Å². The van der Waals surface area contributed by atoms with Gasteiger partial charge in [-0.2, -0.15) is 0 Å². The molecule has 5 aromatic heterocycles. The fraction of sp³-hybridized carbons (Fsp3) is 0. The maximum Gasteiger partial charge on any atom is 0.259 e. The smallest absolute Gasteiger partial charge is 0.259 e. The topological polar surface area (TPSA) is 46.2 Å². The monoisotopic (exact) mass is 685 g/mol. The van der Waals surface area contributed by atoms with E-state index in [1.165, 1.54) is 22.7 Å². The Labute approximate surface area is 231 Å². The van der Waals surface area contributed by atoms with Gasteiger partial charge in [-0.25, -0.2) is 0 Å². The molecule has 1 aliphatic rings. The number of carbonyl (C=O) groups is 2. The summed E-state index contributed by atoms with van der Waals surface area (Å²) in [7, 11) is 0. The quantitative estimate of drug-likeness (QED) is 0.146. The summed E-state index contributed by atoms with van der Waals surface area (Å²) in [6.07, 6.45) is 0. The van der Waals surface area contributed by atoms with E-state index >= 15 is 0 Å². The third kappa shape index (κ3) is 3.19. The first-order valence-corrected chi connectivity index (χ1v) is 16.1. The second-order valence-electron chi connectivity index (χ2n) is 7.17. The molecule has 1 aromatic carbocycles. The summed E-state index contributed by atoms with van der Waals surface area (Å²) in [6.45, 7) is 0. The Bertz CT molecular complexity index is 1700. The zero-order valence-corrected chi connectivity index (χ0v) is 24.6. The Morgan fingerprint density at radius 1 is 0.606 bits per heavy atom. The molecule has 0 spiro atoms. The van der Waals surface area contributed by atoms with E-state index in [0.717, 1.165) is 59.8 Å². The second-order valence-corrected chi connectivity index (χ2v) is 17.5. The molecule has 0 saturated carbocycles. The van der Waals surface area contributed by atoms with Crippen molar-refractivity contribution in [3.05, 3.63) is 46.1 Å². The zero-order chi connectivity index (χ0) is 22.6. The van der Waals surface area contributed by atoms with Crippen LogP contribution in [0.3, 0.4) is 0 Å². The summed E-state index contributed by atoms with van der Waals surface area (Å²) in [5.74, 6) is -0.673. The van der Waals surface area contributed by atoms with E-state index < -0.39 is 0 Å². The van der Waals surface area contributed by atoms with E-state index in [0.29, 0.717) is 11.1 Å². The average molecular weight is 688 g/mol. The zero-order valence-electron chi connectivity index (χ0n) is 15.7. The van der Waals surface area contributed by atoms with Gasteiger partial charge in [-0.1, -0.05) is 12.2 Å². The summed E-state index contributed by atoms with van der Waals surface area (Å²) in [5, 5.41) is 2.56. The standard InChI is InChI=1S/C21H5Br2NO2S7/c22-11-3-7-5(30-11)1-9(28-7)13-15-16(20(26)24-19(15)25)14(18-17(13)32-21(27)33-18)10-2-6-8(29-10)4-12(23)31-6/h1-4H,(H,24,25,26). The summed E-state index contributed by atoms with van der Waals surface area (Å²) in [5.41, 5.74) is 2.60. The maximum absolute atomic E-state index is 13.1. The van der Waals surface area contributed by atoms with Crippen molar-refractivity contribution in [2.24, 2.45) is 0 Å². The average Bonchev–Trinajstić information content (AvgIpc) is 3.53. The van der Waals surface area contributed by atoms with Crippen molar-refractivity contribution in [1.29, 1.82) is 0 Å². The molecule has 0 saturated heterocycles. The fourth-order valence-electron chi connectivity index (χ4n) is 4.10.